The quantitative estimate of drug-likeness (QED) is 0.335. The predicted octanol–water partition coefficient (Wildman–Crippen LogP) is 5.58. The molecule has 34 heavy (non-hydrogen) atoms. The molecule has 5 heteroatoms. The van der Waals surface area contributed by atoms with Crippen molar-refractivity contribution in [3.05, 3.63) is 143 Å². The van der Waals surface area contributed by atoms with Crippen molar-refractivity contribution in [2.24, 2.45) is 0 Å². The molecule has 2 aromatic carbocycles. The van der Waals surface area contributed by atoms with Gasteiger partial charge in [-0.25, -0.2) is 0 Å². The number of nitrogens with zero attached hydrogens (tertiary/aromatic N) is 4. The number of carbonyl (C=O) groups excluding carboxylic acids is 1. The van der Waals surface area contributed by atoms with Crippen LogP contribution in [0.1, 0.15) is 38.6 Å². The number of anilines is 3. The maximum Gasteiger partial charge on any atom is 0.195 e. The number of aromatic nitrogens is 3. The van der Waals surface area contributed by atoms with Gasteiger partial charge >= 0.3 is 0 Å². The van der Waals surface area contributed by atoms with Crippen LogP contribution in [-0.2, 0) is 5.41 Å². The van der Waals surface area contributed by atoms with Crippen LogP contribution in [0, 0.1) is 0 Å². The van der Waals surface area contributed by atoms with Gasteiger partial charge in [-0.2, -0.15) is 0 Å². The molecule has 0 bridgehead atoms. The van der Waals surface area contributed by atoms with Crippen LogP contribution < -0.4 is 4.90 Å². The molecule has 0 fully saturated rings. The van der Waals surface area contributed by atoms with Crippen LogP contribution in [-0.4, -0.2) is 20.7 Å². The summed E-state index contributed by atoms with van der Waals surface area (Å²) in [5.74, 6) is -0.0234. The highest BCUT2D eigenvalue weighted by Crippen LogP contribution is 2.58. The second-order valence-corrected chi connectivity index (χ2v) is 8.44. The van der Waals surface area contributed by atoms with Gasteiger partial charge in [0.05, 0.1) is 28.5 Å². The average molecular weight is 438 g/mol. The van der Waals surface area contributed by atoms with Gasteiger partial charge in [0.15, 0.2) is 5.78 Å². The summed E-state index contributed by atoms with van der Waals surface area (Å²) in [4.78, 5) is 30.5. The highest BCUT2D eigenvalue weighted by Gasteiger charge is 2.54. The molecule has 5 nitrogen and oxygen atoms in total. The minimum atomic E-state index is -0.917. The van der Waals surface area contributed by atoms with Gasteiger partial charge in [0.2, 0.25) is 0 Å². The first kappa shape index (κ1) is 18.9. The topological polar surface area (TPSA) is 59.0 Å². The number of para-hydroxylation sites is 1. The third-order valence-electron chi connectivity index (χ3n) is 6.76. The molecule has 2 aliphatic rings. The zero-order valence-electron chi connectivity index (χ0n) is 18.1. The molecule has 1 aliphatic heterocycles. The summed E-state index contributed by atoms with van der Waals surface area (Å²) in [6.45, 7) is 0. The van der Waals surface area contributed by atoms with Crippen LogP contribution in [0.15, 0.2) is 110 Å². The first-order valence-corrected chi connectivity index (χ1v) is 11.2. The summed E-state index contributed by atoms with van der Waals surface area (Å²) in [5.41, 5.74) is 6.37. The van der Waals surface area contributed by atoms with E-state index in [4.69, 9.17) is 15.0 Å². The maximum absolute atomic E-state index is 13.6. The van der Waals surface area contributed by atoms with Crippen molar-refractivity contribution < 1.29 is 4.79 Å². The van der Waals surface area contributed by atoms with Crippen LogP contribution in [0.3, 0.4) is 0 Å². The smallest absolute Gasteiger partial charge is 0.195 e. The second-order valence-electron chi connectivity index (χ2n) is 8.44. The van der Waals surface area contributed by atoms with Crippen molar-refractivity contribution in [1.29, 1.82) is 0 Å². The highest BCUT2D eigenvalue weighted by molar-refractivity contribution is 6.14. The van der Waals surface area contributed by atoms with Gasteiger partial charge in [-0.3, -0.25) is 19.7 Å². The first-order chi connectivity index (χ1) is 16.8. The normalized spacial score (nSPS) is 14.7. The molecule has 0 radical (unpaired) electrons. The lowest BCUT2D eigenvalue weighted by Crippen LogP contribution is -2.44. The molecule has 1 spiro atoms. The lowest BCUT2D eigenvalue weighted by Gasteiger charge is -2.45. The summed E-state index contributed by atoms with van der Waals surface area (Å²) in [5, 5.41) is 0. The fraction of sp³-hybridized carbons (Fsp3) is 0.0345. The first-order valence-electron chi connectivity index (χ1n) is 11.2. The van der Waals surface area contributed by atoms with Crippen molar-refractivity contribution in [3.63, 3.8) is 0 Å². The Morgan fingerprint density at radius 1 is 0.559 bits per heavy atom. The van der Waals surface area contributed by atoms with Crippen molar-refractivity contribution in [3.8, 4) is 0 Å². The summed E-state index contributed by atoms with van der Waals surface area (Å²) < 4.78 is 0. The predicted molar refractivity (Wildman–Crippen MR) is 130 cm³/mol. The van der Waals surface area contributed by atoms with E-state index in [0.717, 1.165) is 34.0 Å². The third-order valence-corrected chi connectivity index (χ3v) is 6.76. The van der Waals surface area contributed by atoms with E-state index >= 15 is 0 Å². The fourth-order valence-corrected chi connectivity index (χ4v) is 5.48. The number of hydrogen-bond acceptors (Lipinski definition) is 5. The van der Waals surface area contributed by atoms with E-state index in [2.05, 4.69) is 29.2 Å². The molecular formula is C29H18N4O. The van der Waals surface area contributed by atoms with E-state index < -0.39 is 5.41 Å². The van der Waals surface area contributed by atoms with Crippen LogP contribution >= 0.6 is 0 Å². The van der Waals surface area contributed by atoms with E-state index in [1.54, 1.807) is 18.6 Å². The number of ketones is 1. The molecule has 7 rings (SSSR count). The van der Waals surface area contributed by atoms with Crippen LogP contribution in [0.5, 0.6) is 0 Å². The third kappa shape index (κ3) is 2.28. The zero-order chi connectivity index (χ0) is 22.7. The molecule has 0 saturated carbocycles. The minimum absolute atomic E-state index is 0.0234. The SMILES string of the molecule is O=C1c2ccccc2C2(c3ncccc31)c1ncccc1N(c1ccccc1)c1cccnc12. The number of hydrogen-bond donors (Lipinski definition) is 0. The zero-order valence-corrected chi connectivity index (χ0v) is 18.1. The van der Waals surface area contributed by atoms with Gasteiger partial charge in [-0.15, -0.1) is 0 Å². The molecule has 0 atom stereocenters. The number of carbonyl (C=O) groups is 1. The fourth-order valence-electron chi connectivity index (χ4n) is 5.48. The van der Waals surface area contributed by atoms with Crippen molar-refractivity contribution in [1.82, 2.24) is 15.0 Å². The van der Waals surface area contributed by atoms with Crippen LogP contribution in [0.25, 0.3) is 0 Å². The lowest BCUT2D eigenvalue weighted by molar-refractivity contribution is 0.103. The van der Waals surface area contributed by atoms with E-state index in [-0.39, 0.29) is 5.78 Å². The van der Waals surface area contributed by atoms with Crippen LogP contribution in [0.2, 0.25) is 0 Å². The van der Waals surface area contributed by atoms with Crippen molar-refractivity contribution >= 4 is 22.8 Å². The molecule has 0 N–H and O–H groups in total. The molecule has 3 aromatic heterocycles. The summed E-state index contributed by atoms with van der Waals surface area (Å²) in [6, 6.07) is 29.7. The Kier molecular flexibility index (Phi) is 3.85. The highest BCUT2D eigenvalue weighted by atomic mass is 16.1. The average Bonchev–Trinajstić information content (AvgIpc) is 2.91. The number of benzene rings is 2. The number of fused-ring (bicyclic) bond motifs is 8. The lowest BCUT2D eigenvalue weighted by atomic mass is 9.62. The Bertz CT molecular complexity index is 1500. The largest absolute Gasteiger partial charge is 0.307 e. The monoisotopic (exact) mass is 438 g/mol. The van der Waals surface area contributed by atoms with Gasteiger partial charge in [-0.05, 0) is 54.1 Å². The summed E-state index contributed by atoms with van der Waals surface area (Å²) in [7, 11) is 0. The summed E-state index contributed by atoms with van der Waals surface area (Å²) in [6.07, 6.45) is 5.36. The van der Waals surface area contributed by atoms with E-state index in [1.807, 2.05) is 66.7 Å². The van der Waals surface area contributed by atoms with Crippen molar-refractivity contribution in [2.75, 3.05) is 4.90 Å². The van der Waals surface area contributed by atoms with Gasteiger partial charge in [0.1, 0.15) is 5.41 Å². The second kappa shape index (κ2) is 6.93. The van der Waals surface area contributed by atoms with Gasteiger partial charge in [-0.1, -0.05) is 42.5 Å². The maximum atomic E-state index is 13.6. The Labute approximate surface area is 196 Å². The molecule has 4 heterocycles. The van der Waals surface area contributed by atoms with E-state index in [1.165, 1.54) is 0 Å². The van der Waals surface area contributed by atoms with Gasteiger partial charge in [0.25, 0.3) is 0 Å². The Hall–Kier alpha value is -4.64. The summed E-state index contributed by atoms with van der Waals surface area (Å²) >= 11 is 0. The van der Waals surface area contributed by atoms with E-state index in [9.17, 15) is 4.79 Å². The van der Waals surface area contributed by atoms with Crippen molar-refractivity contribution in [2.45, 2.75) is 5.41 Å². The Balaban J connectivity index is 1.69. The van der Waals surface area contributed by atoms with Gasteiger partial charge < -0.3 is 4.90 Å². The molecule has 1 aliphatic carbocycles. The Morgan fingerprint density at radius 2 is 1.12 bits per heavy atom. The molecule has 5 aromatic rings. The Morgan fingerprint density at radius 3 is 1.82 bits per heavy atom. The molecule has 0 unspecified atom stereocenters. The number of rotatable bonds is 1. The minimum Gasteiger partial charge on any atom is -0.307 e. The molecular weight excluding hydrogens is 420 g/mol. The number of pyridine rings is 3. The molecule has 0 saturated heterocycles. The van der Waals surface area contributed by atoms with Gasteiger partial charge in [0, 0.05) is 35.4 Å². The molecule has 0 amide bonds. The van der Waals surface area contributed by atoms with Crippen LogP contribution in [0.4, 0.5) is 17.1 Å². The standard InChI is InChI=1S/C29H18N4O/c34-25-20-11-4-5-13-22(20)29(26-21(25)12-6-16-30-26)27-23(14-7-17-31-27)33(19-9-2-1-3-10-19)24-15-8-18-32-28(24)29/h1-18H. The molecule has 160 valence electrons. The van der Waals surface area contributed by atoms with E-state index in [0.29, 0.717) is 16.8 Å².